The number of phosphoric acid groups is 1. The van der Waals surface area contributed by atoms with Gasteiger partial charge in [-0.25, -0.2) is 4.57 Å². The molecule has 0 aromatic rings. The Bertz CT molecular complexity index is 1570. The first-order valence-corrected chi connectivity index (χ1v) is 43.3. The molecule has 0 aromatic heterocycles. The second-order valence-corrected chi connectivity index (χ2v) is 30.2. The number of carbonyl (C=O) groups excluding carboxylic acids is 2. The predicted octanol–water partition coefficient (Wildman–Crippen LogP) is 28.0. The van der Waals surface area contributed by atoms with Crippen molar-refractivity contribution < 1.29 is 37.6 Å². The van der Waals surface area contributed by atoms with Gasteiger partial charge in [0.15, 0.2) is 6.10 Å². The summed E-state index contributed by atoms with van der Waals surface area (Å²) in [6.07, 6.45) is 101. The first-order chi connectivity index (χ1) is 45.8. The Labute approximate surface area is 580 Å². The van der Waals surface area contributed by atoms with Gasteiger partial charge >= 0.3 is 19.8 Å². The van der Waals surface area contributed by atoms with Gasteiger partial charge in [-0.3, -0.25) is 18.6 Å². The van der Waals surface area contributed by atoms with E-state index in [0.717, 1.165) is 38.5 Å². The summed E-state index contributed by atoms with van der Waals surface area (Å²) in [6.45, 7) is 3.84. The van der Waals surface area contributed by atoms with Crippen molar-refractivity contribution in [2.75, 3.05) is 26.4 Å². The zero-order chi connectivity index (χ0) is 67.2. The minimum absolute atomic E-state index is 0.0578. The van der Waals surface area contributed by atoms with Crippen molar-refractivity contribution in [2.24, 2.45) is 5.73 Å². The molecule has 0 rings (SSSR count). The van der Waals surface area contributed by atoms with Gasteiger partial charge in [0.25, 0.3) is 0 Å². The van der Waals surface area contributed by atoms with E-state index < -0.39 is 26.5 Å². The smallest absolute Gasteiger partial charge is 0.462 e. The van der Waals surface area contributed by atoms with Crippen LogP contribution in [0.1, 0.15) is 463 Å². The lowest BCUT2D eigenvalue weighted by Crippen LogP contribution is -2.29. The Morgan fingerprint density at radius 3 is 0.817 bits per heavy atom. The number of unbranched alkanes of at least 4 members (excludes halogenated alkanes) is 64. The number of carbonyl (C=O) groups is 2. The molecule has 2 unspecified atom stereocenters. The summed E-state index contributed by atoms with van der Waals surface area (Å²) in [6, 6.07) is 0. The highest BCUT2D eigenvalue weighted by atomic mass is 31.2. The van der Waals surface area contributed by atoms with Gasteiger partial charge in [0.05, 0.1) is 13.2 Å². The van der Waals surface area contributed by atoms with Crippen LogP contribution in [0.5, 0.6) is 0 Å². The van der Waals surface area contributed by atoms with Gasteiger partial charge in [-0.05, 0) is 44.9 Å². The van der Waals surface area contributed by atoms with E-state index in [-0.39, 0.29) is 38.6 Å². The third-order valence-electron chi connectivity index (χ3n) is 19.3. The largest absolute Gasteiger partial charge is 0.472 e. The fraction of sp³-hybridized carbons (Fsp3) is 0.928. The van der Waals surface area contributed by atoms with Crippen molar-refractivity contribution in [3.05, 3.63) is 24.3 Å². The summed E-state index contributed by atoms with van der Waals surface area (Å²) >= 11 is 0. The van der Waals surface area contributed by atoms with Crippen molar-refractivity contribution >= 4 is 19.8 Å². The van der Waals surface area contributed by atoms with E-state index in [1.54, 1.807) is 0 Å². The van der Waals surface area contributed by atoms with Crippen LogP contribution in [0.2, 0.25) is 0 Å². The van der Waals surface area contributed by atoms with Crippen molar-refractivity contribution in [3.63, 3.8) is 0 Å². The minimum atomic E-state index is -4.39. The molecule has 0 aliphatic heterocycles. The van der Waals surface area contributed by atoms with Crippen LogP contribution in [0.3, 0.4) is 0 Å². The van der Waals surface area contributed by atoms with E-state index in [9.17, 15) is 19.0 Å². The fourth-order valence-corrected chi connectivity index (χ4v) is 13.9. The average molecular weight is 1330 g/mol. The number of nitrogens with two attached hydrogens (primary N) is 1. The second-order valence-electron chi connectivity index (χ2n) is 28.7. The summed E-state index contributed by atoms with van der Waals surface area (Å²) < 4.78 is 33.3. The lowest BCUT2D eigenvalue weighted by atomic mass is 10.0. The SMILES string of the molecule is CCCCCCC/C=C\C/C=C\CCCCCCCCCCCCCCCCCCCCCCCCCCCCCC(=O)OC(COC(=O)CCCCCCCCCCCCCCCCCCCCCCCCCCCCCCCCCCC)COP(=O)(O)OCCN. The zero-order valence-corrected chi connectivity index (χ0v) is 63.4. The van der Waals surface area contributed by atoms with Gasteiger partial charge in [0, 0.05) is 19.4 Å². The molecule has 0 aliphatic carbocycles. The van der Waals surface area contributed by atoms with Crippen molar-refractivity contribution in [1.82, 2.24) is 0 Å². The van der Waals surface area contributed by atoms with E-state index in [1.165, 1.54) is 392 Å². The number of allylic oxidation sites excluding steroid dienone is 4. The molecule has 93 heavy (non-hydrogen) atoms. The molecule has 0 aliphatic rings. The van der Waals surface area contributed by atoms with Gasteiger partial charge in [0.2, 0.25) is 0 Å². The molecule has 0 saturated heterocycles. The van der Waals surface area contributed by atoms with E-state index >= 15 is 0 Å². The number of phosphoric ester groups is 1. The number of ether oxygens (including phenoxy) is 2. The molecule has 0 radical (unpaired) electrons. The third-order valence-corrected chi connectivity index (χ3v) is 20.3. The minimum Gasteiger partial charge on any atom is -0.462 e. The van der Waals surface area contributed by atoms with Gasteiger partial charge < -0.3 is 20.1 Å². The molecule has 2 atom stereocenters. The van der Waals surface area contributed by atoms with Gasteiger partial charge in [0.1, 0.15) is 6.61 Å². The molecule has 0 amide bonds. The normalized spacial score (nSPS) is 12.9. The molecule has 3 N–H and O–H groups in total. The summed E-state index contributed by atoms with van der Waals surface area (Å²) in [5.74, 6) is -0.796. The summed E-state index contributed by atoms with van der Waals surface area (Å²) in [4.78, 5) is 35.5. The second kappa shape index (κ2) is 79.5. The standard InChI is InChI=1S/C83H162NO8P/c1-3-5-7-9-11-13-15-17-19-21-23-25-27-29-31-33-35-37-38-39-40-41-42-44-46-48-50-52-54-56-58-60-62-64-66-68-70-72-74-76-83(86)92-81(80-91-93(87,88)90-78-77-84)79-89-82(85)75-73-71-69-67-65-63-61-59-57-55-53-51-49-47-45-43-36-34-32-30-28-26-24-22-20-18-16-14-12-10-8-6-4-2/h15,17,21,23,81H,3-14,16,18-20,22,24-80,84H2,1-2H3,(H,87,88)/b17-15-,23-21-. The van der Waals surface area contributed by atoms with Crippen molar-refractivity contribution in [2.45, 2.75) is 469 Å². The topological polar surface area (TPSA) is 134 Å². The Balaban J connectivity index is 3.71. The maximum atomic E-state index is 12.8. The Morgan fingerprint density at radius 2 is 0.559 bits per heavy atom. The van der Waals surface area contributed by atoms with Gasteiger partial charge in [-0.1, -0.05) is 430 Å². The maximum absolute atomic E-state index is 12.8. The quantitative estimate of drug-likeness (QED) is 0.0264. The summed E-state index contributed by atoms with van der Waals surface area (Å²) in [5.41, 5.74) is 5.42. The molecule has 0 aromatic carbocycles. The van der Waals surface area contributed by atoms with E-state index in [1.807, 2.05) is 0 Å². The van der Waals surface area contributed by atoms with Crippen molar-refractivity contribution in [3.8, 4) is 0 Å². The van der Waals surface area contributed by atoms with Gasteiger partial charge in [-0.2, -0.15) is 0 Å². The molecule has 9 nitrogen and oxygen atoms in total. The van der Waals surface area contributed by atoms with E-state index in [4.69, 9.17) is 24.3 Å². The number of esters is 2. The fourth-order valence-electron chi connectivity index (χ4n) is 13.1. The first kappa shape index (κ1) is 91.5. The molecule has 10 heteroatoms. The highest BCUT2D eigenvalue weighted by Crippen LogP contribution is 2.43. The summed E-state index contributed by atoms with van der Waals surface area (Å²) in [5, 5.41) is 0. The van der Waals surface area contributed by atoms with E-state index in [2.05, 4.69) is 38.2 Å². The zero-order valence-electron chi connectivity index (χ0n) is 62.5. The molecule has 552 valence electrons. The van der Waals surface area contributed by atoms with Crippen LogP contribution in [0.15, 0.2) is 24.3 Å². The van der Waals surface area contributed by atoms with Gasteiger partial charge in [-0.15, -0.1) is 0 Å². The van der Waals surface area contributed by atoms with Crippen LogP contribution in [0, 0.1) is 0 Å². The van der Waals surface area contributed by atoms with E-state index in [0.29, 0.717) is 6.42 Å². The Hall–Kier alpha value is -1.51. The van der Waals surface area contributed by atoms with Crippen LogP contribution < -0.4 is 5.73 Å². The lowest BCUT2D eigenvalue weighted by Gasteiger charge is -2.19. The van der Waals surface area contributed by atoms with Crippen LogP contribution in [0.4, 0.5) is 0 Å². The average Bonchev–Trinajstić information content (AvgIpc) is 3.60. The maximum Gasteiger partial charge on any atom is 0.472 e. The van der Waals surface area contributed by atoms with Crippen LogP contribution in [0.25, 0.3) is 0 Å². The Kier molecular flexibility index (Phi) is 78.2. The lowest BCUT2D eigenvalue weighted by molar-refractivity contribution is -0.161. The molecule has 0 bridgehead atoms. The van der Waals surface area contributed by atoms with Crippen molar-refractivity contribution in [1.29, 1.82) is 0 Å². The molecule has 0 fully saturated rings. The van der Waals surface area contributed by atoms with Crippen LogP contribution in [-0.4, -0.2) is 49.3 Å². The number of rotatable bonds is 81. The third kappa shape index (κ3) is 79.4. The van der Waals surface area contributed by atoms with Crippen LogP contribution >= 0.6 is 7.82 Å². The molecule has 0 spiro atoms. The van der Waals surface area contributed by atoms with Crippen LogP contribution in [-0.2, 0) is 32.7 Å². The molecular formula is C83H162NO8P. The number of hydrogen-bond acceptors (Lipinski definition) is 8. The molecule has 0 saturated carbocycles. The predicted molar refractivity (Wildman–Crippen MR) is 404 cm³/mol. The summed E-state index contributed by atoms with van der Waals surface area (Å²) in [7, 11) is -4.39. The first-order valence-electron chi connectivity index (χ1n) is 41.8. The highest BCUT2D eigenvalue weighted by molar-refractivity contribution is 7.47. The Morgan fingerprint density at radius 1 is 0.323 bits per heavy atom. The molecule has 0 heterocycles. The highest BCUT2D eigenvalue weighted by Gasteiger charge is 2.26. The molecular weight excluding hydrogens is 1170 g/mol. The number of hydrogen-bond donors (Lipinski definition) is 2. The monoisotopic (exact) mass is 1330 g/mol.